The monoisotopic (exact) mass is 399 g/mol. The molecule has 1 amide bonds. The molecule has 1 aliphatic heterocycles. The number of hydrogen-bond donors (Lipinski definition) is 2. The third-order valence-electron chi connectivity index (χ3n) is 6.34. The van der Waals surface area contributed by atoms with E-state index >= 15 is 0 Å². The topological polar surface area (TPSA) is 88.8 Å². The van der Waals surface area contributed by atoms with Gasteiger partial charge < -0.3 is 19.6 Å². The summed E-state index contributed by atoms with van der Waals surface area (Å²) in [4.78, 5) is 24.5. The van der Waals surface area contributed by atoms with E-state index in [1.807, 2.05) is 19.3 Å². The summed E-state index contributed by atoms with van der Waals surface area (Å²) in [6.45, 7) is 2.02. The standard InChI is InChI=1S/C23H29NO5/c1-2-16(25)12-24-21(26)11-15-10-18-20(29-23(15)27)9-8-17-19(13-28-22(17)18)14-6-4-3-5-7-14/h8-10,13-14,16-17,22,25H,2-7,11-12H2,1H3,(H,24,26). The van der Waals surface area contributed by atoms with Gasteiger partial charge in [-0.15, -0.1) is 0 Å². The van der Waals surface area contributed by atoms with Crippen molar-refractivity contribution in [2.75, 3.05) is 6.54 Å². The first-order valence-electron chi connectivity index (χ1n) is 10.7. The van der Waals surface area contributed by atoms with E-state index in [2.05, 4.69) is 11.4 Å². The number of aliphatic hydroxyl groups is 1. The minimum absolute atomic E-state index is 0.0734. The maximum absolute atomic E-state index is 12.3. The molecule has 3 unspecified atom stereocenters. The lowest BCUT2D eigenvalue weighted by molar-refractivity contribution is -0.120. The van der Waals surface area contributed by atoms with E-state index in [0.717, 1.165) is 5.56 Å². The van der Waals surface area contributed by atoms with Crippen molar-refractivity contribution in [3.63, 3.8) is 0 Å². The van der Waals surface area contributed by atoms with Crippen LogP contribution in [-0.2, 0) is 16.0 Å². The van der Waals surface area contributed by atoms with E-state index in [0.29, 0.717) is 23.7 Å². The average Bonchev–Trinajstić information content (AvgIpc) is 3.17. The van der Waals surface area contributed by atoms with Gasteiger partial charge in [-0.3, -0.25) is 4.79 Å². The summed E-state index contributed by atoms with van der Waals surface area (Å²) in [7, 11) is 0. The number of fused-ring (bicyclic) bond motifs is 3. The molecule has 3 atom stereocenters. The van der Waals surface area contributed by atoms with E-state index in [1.165, 1.54) is 37.7 Å². The van der Waals surface area contributed by atoms with Crippen LogP contribution in [0.5, 0.6) is 0 Å². The van der Waals surface area contributed by atoms with Crippen molar-refractivity contribution in [2.24, 2.45) is 11.8 Å². The molecule has 1 aromatic rings. The molecule has 2 N–H and O–H groups in total. The number of ether oxygens (including phenoxy) is 1. The fraction of sp³-hybridized carbons (Fsp3) is 0.565. The van der Waals surface area contributed by atoms with Crippen molar-refractivity contribution in [3.8, 4) is 0 Å². The number of carbonyl (C=O) groups is 1. The van der Waals surface area contributed by atoms with Gasteiger partial charge in [0.05, 0.1) is 18.8 Å². The molecule has 29 heavy (non-hydrogen) atoms. The van der Waals surface area contributed by atoms with E-state index in [4.69, 9.17) is 9.15 Å². The van der Waals surface area contributed by atoms with Crippen LogP contribution in [0.25, 0.3) is 6.08 Å². The van der Waals surface area contributed by atoms with Crippen LogP contribution >= 0.6 is 0 Å². The number of nitrogens with one attached hydrogen (secondary N) is 1. The molecule has 6 heteroatoms. The zero-order valence-corrected chi connectivity index (χ0v) is 16.9. The van der Waals surface area contributed by atoms with Crippen molar-refractivity contribution in [1.29, 1.82) is 0 Å². The van der Waals surface area contributed by atoms with Gasteiger partial charge in [0.2, 0.25) is 5.91 Å². The van der Waals surface area contributed by atoms with Gasteiger partial charge in [-0.25, -0.2) is 4.79 Å². The molecule has 2 aliphatic carbocycles. The molecule has 0 bridgehead atoms. The van der Waals surface area contributed by atoms with Crippen LogP contribution < -0.4 is 10.9 Å². The van der Waals surface area contributed by atoms with Gasteiger partial charge in [0, 0.05) is 23.6 Å². The van der Waals surface area contributed by atoms with Gasteiger partial charge in [-0.2, -0.15) is 0 Å². The quantitative estimate of drug-likeness (QED) is 0.767. The van der Waals surface area contributed by atoms with Crippen LogP contribution in [-0.4, -0.2) is 23.7 Å². The highest BCUT2D eigenvalue weighted by molar-refractivity contribution is 5.78. The first kappa shape index (κ1) is 20.0. The van der Waals surface area contributed by atoms with Gasteiger partial charge in [0.25, 0.3) is 0 Å². The molecule has 1 saturated carbocycles. The Labute approximate surface area is 170 Å². The lowest BCUT2D eigenvalue weighted by Crippen LogP contribution is -2.33. The van der Waals surface area contributed by atoms with Crippen LogP contribution in [0, 0.1) is 11.8 Å². The number of rotatable bonds is 6. The molecule has 1 fully saturated rings. The van der Waals surface area contributed by atoms with Gasteiger partial charge in [0.1, 0.15) is 11.9 Å². The number of carbonyl (C=O) groups excluding carboxylic acids is 1. The van der Waals surface area contributed by atoms with Crippen molar-refractivity contribution < 1.29 is 19.1 Å². The summed E-state index contributed by atoms with van der Waals surface area (Å²) in [5.41, 5.74) is 1.98. The summed E-state index contributed by atoms with van der Waals surface area (Å²) in [6, 6.07) is 1.76. The molecule has 156 valence electrons. The number of amides is 1. The van der Waals surface area contributed by atoms with Crippen LogP contribution in [0.1, 0.15) is 68.4 Å². The molecule has 0 spiro atoms. The molecule has 1 aromatic heterocycles. The Hall–Kier alpha value is -2.34. The largest absolute Gasteiger partial charge is 0.492 e. The highest BCUT2D eigenvalue weighted by atomic mass is 16.5. The van der Waals surface area contributed by atoms with E-state index < -0.39 is 11.7 Å². The minimum Gasteiger partial charge on any atom is -0.492 e. The van der Waals surface area contributed by atoms with Gasteiger partial charge in [-0.05, 0) is 42.9 Å². The molecule has 2 heterocycles. The predicted octanol–water partition coefficient (Wildman–Crippen LogP) is 3.25. The highest BCUT2D eigenvalue weighted by Gasteiger charge is 2.39. The fourth-order valence-corrected chi connectivity index (χ4v) is 4.59. The second-order valence-corrected chi connectivity index (χ2v) is 8.32. The highest BCUT2D eigenvalue weighted by Crippen LogP contribution is 2.48. The molecule has 6 nitrogen and oxygen atoms in total. The third kappa shape index (κ3) is 4.17. The number of aliphatic hydroxyl groups excluding tert-OH is 1. The summed E-state index contributed by atoms with van der Waals surface area (Å²) in [6.07, 6.45) is 11.8. The maximum Gasteiger partial charge on any atom is 0.339 e. The Balaban J connectivity index is 1.50. The second kappa shape index (κ2) is 8.57. The molecular weight excluding hydrogens is 370 g/mol. The third-order valence-corrected chi connectivity index (χ3v) is 6.34. The molecule has 4 rings (SSSR count). The van der Waals surface area contributed by atoms with Crippen LogP contribution in [0.15, 0.2) is 33.2 Å². The zero-order chi connectivity index (χ0) is 20.4. The van der Waals surface area contributed by atoms with Crippen molar-refractivity contribution >= 4 is 12.0 Å². The Kier molecular flexibility index (Phi) is 5.90. The van der Waals surface area contributed by atoms with Crippen LogP contribution in [0.2, 0.25) is 0 Å². The van der Waals surface area contributed by atoms with E-state index in [9.17, 15) is 14.7 Å². The fourth-order valence-electron chi connectivity index (χ4n) is 4.59. The van der Waals surface area contributed by atoms with E-state index in [-0.39, 0.29) is 30.9 Å². The lowest BCUT2D eigenvalue weighted by Gasteiger charge is -2.28. The molecule has 0 radical (unpaired) electrons. The SMILES string of the molecule is CCC(O)CNC(=O)Cc1cc2c(oc1=O)C=CC1C(C3CCCCC3)=COC21. The van der Waals surface area contributed by atoms with Gasteiger partial charge in [-0.1, -0.05) is 32.3 Å². The first-order valence-corrected chi connectivity index (χ1v) is 10.7. The number of hydrogen-bond acceptors (Lipinski definition) is 5. The summed E-state index contributed by atoms with van der Waals surface area (Å²) in [5, 5.41) is 12.3. The van der Waals surface area contributed by atoms with E-state index in [1.54, 1.807) is 6.07 Å². The lowest BCUT2D eigenvalue weighted by atomic mass is 9.76. The summed E-state index contributed by atoms with van der Waals surface area (Å²) >= 11 is 0. The van der Waals surface area contributed by atoms with Crippen molar-refractivity contribution in [3.05, 3.63) is 51.3 Å². The normalized spacial score (nSPS) is 24.3. The molecule has 0 saturated heterocycles. The summed E-state index contributed by atoms with van der Waals surface area (Å²) in [5.74, 6) is 0.941. The van der Waals surface area contributed by atoms with Crippen molar-refractivity contribution in [1.82, 2.24) is 5.32 Å². The molecular formula is C23H29NO5. The second-order valence-electron chi connectivity index (χ2n) is 8.32. The van der Waals surface area contributed by atoms with Crippen LogP contribution in [0.4, 0.5) is 0 Å². The first-order chi connectivity index (χ1) is 14.1. The Morgan fingerprint density at radius 1 is 1.31 bits per heavy atom. The van der Waals surface area contributed by atoms with Gasteiger partial charge >= 0.3 is 5.63 Å². The molecule has 0 aromatic carbocycles. The Morgan fingerprint density at radius 2 is 2.10 bits per heavy atom. The maximum atomic E-state index is 12.3. The predicted molar refractivity (Wildman–Crippen MR) is 109 cm³/mol. The average molecular weight is 399 g/mol. The molecule has 3 aliphatic rings. The van der Waals surface area contributed by atoms with Gasteiger partial charge in [0.15, 0.2) is 0 Å². The smallest absolute Gasteiger partial charge is 0.339 e. The van der Waals surface area contributed by atoms with Crippen molar-refractivity contribution in [2.45, 2.75) is 64.1 Å². The Morgan fingerprint density at radius 3 is 2.86 bits per heavy atom. The van der Waals surface area contributed by atoms with Crippen LogP contribution in [0.3, 0.4) is 0 Å². The minimum atomic E-state index is -0.582. The Bertz CT molecular complexity index is 878. The summed E-state index contributed by atoms with van der Waals surface area (Å²) < 4.78 is 11.5. The zero-order valence-electron chi connectivity index (χ0n) is 16.9.